The molecule has 0 aliphatic carbocycles. The van der Waals surface area contributed by atoms with Crippen LogP contribution in [-0.4, -0.2) is 23.1 Å². The summed E-state index contributed by atoms with van der Waals surface area (Å²) < 4.78 is 19.6. The Morgan fingerprint density at radius 3 is 2.95 bits per heavy atom. The molecular weight excluding hydrogens is 277 g/mol. The molecule has 0 spiro atoms. The summed E-state index contributed by atoms with van der Waals surface area (Å²) in [7, 11) is 0. The lowest BCUT2D eigenvalue weighted by atomic mass is 10.2. The number of halogens is 1. The number of thiazole rings is 1. The number of hydrogen-bond acceptors (Lipinski definition) is 5. The zero-order chi connectivity index (χ0) is 14.4. The molecule has 0 bridgehead atoms. The molecule has 0 aromatic carbocycles. The van der Waals surface area contributed by atoms with E-state index in [1.807, 2.05) is 13.8 Å². The zero-order valence-electron chi connectivity index (χ0n) is 11.6. The molecule has 2 aromatic rings. The Bertz CT molecular complexity index is 559. The lowest BCUT2D eigenvalue weighted by Gasteiger charge is -2.09. The molecule has 0 aliphatic heterocycles. The average molecular weight is 295 g/mol. The minimum atomic E-state index is -0.380. The van der Waals surface area contributed by atoms with Gasteiger partial charge in [-0.3, -0.25) is 0 Å². The second-order valence-corrected chi connectivity index (χ2v) is 5.27. The summed E-state index contributed by atoms with van der Waals surface area (Å²) in [6, 6.07) is 1.66. The van der Waals surface area contributed by atoms with Gasteiger partial charge in [0.2, 0.25) is 0 Å². The fraction of sp³-hybridized carbons (Fsp3) is 0.429. The highest BCUT2D eigenvalue weighted by Crippen LogP contribution is 2.18. The van der Waals surface area contributed by atoms with Gasteiger partial charge in [-0.1, -0.05) is 6.92 Å². The Balaban J connectivity index is 1.94. The van der Waals surface area contributed by atoms with Gasteiger partial charge in [0.1, 0.15) is 0 Å². The van der Waals surface area contributed by atoms with Crippen LogP contribution < -0.4 is 10.1 Å². The van der Waals surface area contributed by atoms with Crippen LogP contribution in [0.2, 0.25) is 0 Å². The van der Waals surface area contributed by atoms with Crippen molar-refractivity contribution in [3.8, 4) is 5.88 Å². The Hall–Kier alpha value is -1.53. The molecule has 6 heteroatoms. The number of ether oxygens (including phenoxy) is 1. The number of nitrogens with zero attached hydrogens (tertiary/aromatic N) is 2. The molecule has 0 fully saturated rings. The van der Waals surface area contributed by atoms with Crippen LogP contribution in [0.4, 0.5) is 4.39 Å². The minimum absolute atomic E-state index is 0.0718. The number of pyridine rings is 1. The van der Waals surface area contributed by atoms with E-state index in [0.29, 0.717) is 18.7 Å². The van der Waals surface area contributed by atoms with Crippen molar-refractivity contribution in [3.63, 3.8) is 0 Å². The van der Waals surface area contributed by atoms with Crippen molar-refractivity contribution in [2.75, 3.05) is 13.2 Å². The largest absolute Gasteiger partial charge is 0.475 e. The monoisotopic (exact) mass is 295 g/mol. The molecule has 4 nitrogen and oxygen atoms in total. The number of rotatable bonds is 7. The summed E-state index contributed by atoms with van der Waals surface area (Å²) in [5.74, 6) is -0.308. The number of aryl methyl sites for hydroxylation is 1. The normalized spacial score (nSPS) is 10.8. The Kier molecular flexibility index (Phi) is 5.43. The van der Waals surface area contributed by atoms with E-state index >= 15 is 0 Å². The molecule has 0 amide bonds. The first kappa shape index (κ1) is 14.9. The maximum Gasteiger partial charge on any atom is 0.250 e. The van der Waals surface area contributed by atoms with Crippen molar-refractivity contribution in [1.82, 2.24) is 15.3 Å². The van der Waals surface area contributed by atoms with Gasteiger partial charge in [-0.05, 0) is 19.5 Å². The fourth-order valence-corrected chi connectivity index (χ4v) is 2.53. The van der Waals surface area contributed by atoms with E-state index in [9.17, 15) is 4.39 Å². The van der Waals surface area contributed by atoms with E-state index in [2.05, 4.69) is 15.3 Å². The smallest absolute Gasteiger partial charge is 0.250 e. The van der Waals surface area contributed by atoms with Gasteiger partial charge < -0.3 is 10.1 Å². The molecule has 2 aromatic heterocycles. The van der Waals surface area contributed by atoms with Crippen LogP contribution in [0.3, 0.4) is 0 Å². The molecular formula is C14H18FN3OS. The van der Waals surface area contributed by atoms with Crippen LogP contribution in [0.5, 0.6) is 5.88 Å². The SMILES string of the molecule is CCNCc1ccnc(OCCc2scnc2C)c1F. The second kappa shape index (κ2) is 7.31. The average Bonchev–Trinajstić information content (AvgIpc) is 2.85. The highest BCUT2D eigenvalue weighted by molar-refractivity contribution is 7.09. The first-order chi connectivity index (χ1) is 9.72. The van der Waals surface area contributed by atoms with Crippen molar-refractivity contribution in [2.24, 2.45) is 0 Å². The summed E-state index contributed by atoms with van der Waals surface area (Å²) in [5.41, 5.74) is 3.39. The second-order valence-electron chi connectivity index (χ2n) is 4.33. The predicted molar refractivity (Wildman–Crippen MR) is 77.6 cm³/mol. The molecule has 2 rings (SSSR count). The van der Waals surface area contributed by atoms with Crippen molar-refractivity contribution in [3.05, 3.63) is 39.7 Å². The molecule has 0 radical (unpaired) electrons. The van der Waals surface area contributed by atoms with Crippen LogP contribution >= 0.6 is 11.3 Å². The van der Waals surface area contributed by atoms with Gasteiger partial charge in [0.25, 0.3) is 5.88 Å². The van der Waals surface area contributed by atoms with Crippen LogP contribution in [0.15, 0.2) is 17.8 Å². The zero-order valence-corrected chi connectivity index (χ0v) is 12.5. The van der Waals surface area contributed by atoms with Gasteiger partial charge in [-0.2, -0.15) is 0 Å². The number of hydrogen-bond donors (Lipinski definition) is 1. The lowest BCUT2D eigenvalue weighted by Crippen LogP contribution is -2.14. The standard InChI is InChI=1S/C14H18FN3OS/c1-3-16-8-11-4-6-17-14(13(11)15)19-7-5-12-10(2)18-9-20-12/h4,6,9,16H,3,5,7-8H2,1-2H3. The third-order valence-corrected chi connectivity index (χ3v) is 3.91. The third kappa shape index (κ3) is 3.74. The van der Waals surface area contributed by atoms with Crippen molar-refractivity contribution in [1.29, 1.82) is 0 Å². The topological polar surface area (TPSA) is 47.0 Å². The number of nitrogens with one attached hydrogen (secondary N) is 1. The highest BCUT2D eigenvalue weighted by atomic mass is 32.1. The molecule has 0 atom stereocenters. The summed E-state index contributed by atoms with van der Waals surface area (Å²) in [4.78, 5) is 9.29. The predicted octanol–water partition coefficient (Wildman–Crippen LogP) is 2.72. The van der Waals surface area contributed by atoms with E-state index in [0.717, 1.165) is 23.5 Å². The molecule has 1 N–H and O–H groups in total. The van der Waals surface area contributed by atoms with E-state index in [4.69, 9.17) is 4.74 Å². The van der Waals surface area contributed by atoms with Gasteiger partial charge in [-0.25, -0.2) is 14.4 Å². The lowest BCUT2D eigenvalue weighted by molar-refractivity contribution is 0.291. The summed E-state index contributed by atoms with van der Waals surface area (Å²) in [6.45, 7) is 5.62. The first-order valence-corrected chi connectivity index (χ1v) is 7.46. The van der Waals surface area contributed by atoms with Crippen LogP contribution in [0, 0.1) is 12.7 Å². The van der Waals surface area contributed by atoms with Crippen molar-refractivity contribution in [2.45, 2.75) is 26.8 Å². The van der Waals surface area contributed by atoms with Gasteiger partial charge in [0, 0.05) is 29.6 Å². The van der Waals surface area contributed by atoms with Crippen LogP contribution in [-0.2, 0) is 13.0 Å². The summed E-state index contributed by atoms with van der Waals surface area (Å²) in [5, 5.41) is 3.09. The highest BCUT2D eigenvalue weighted by Gasteiger charge is 2.11. The maximum atomic E-state index is 14.1. The van der Waals surface area contributed by atoms with Crippen molar-refractivity contribution >= 4 is 11.3 Å². The minimum Gasteiger partial charge on any atom is -0.475 e. The molecule has 0 aliphatic rings. The van der Waals surface area contributed by atoms with Crippen molar-refractivity contribution < 1.29 is 9.13 Å². The first-order valence-electron chi connectivity index (χ1n) is 6.58. The molecule has 2 heterocycles. The molecule has 0 saturated heterocycles. The fourth-order valence-electron chi connectivity index (χ4n) is 1.77. The molecule has 0 saturated carbocycles. The molecule has 0 unspecified atom stereocenters. The Labute approximate surface area is 122 Å². The quantitative estimate of drug-likeness (QED) is 0.853. The van der Waals surface area contributed by atoms with Gasteiger partial charge >= 0.3 is 0 Å². The van der Waals surface area contributed by atoms with E-state index in [1.54, 1.807) is 29.1 Å². The van der Waals surface area contributed by atoms with E-state index in [-0.39, 0.29) is 11.7 Å². The Morgan fingerprint density at radius 2 is 2.25 bits per heavy atom. The summed E-state index contributed by atoms with van der Waals surface area (Å²) >= 11 is 1.59. The summed E-state index contributed by atoms with van der Waals surface area (Å²) in [6.07, 6.45) is 2.29. The number of aromatic nitrogens is 2. The van der Waals surface area contributed by atoms with E-state index < -0.39 is 0 Å². The van der Waals surface area contributed by atoms with E-state index in [1.165, 1.54) is 0 Å². The van der Waals surface area contributed by atoms with Crippen LogP contribution in [0.25, 0.3) is 0 Å². The van der Waals surface area contributed by atoms with Gasteiger partial charge in [-0.15, -0.1) is 11.3 Å². The van der Waals surface area contributed by atoms with Gasteiger partial charge in [0.15, 0.2) is 5.82 Å². The van der Waals surface area contributed by atoms with Crippen LogP contribution in [0.1, 0.15) is 23.1 Å². The molecule has 20 heavy (non-hydrogen) atoms. The molecule has 108 valence electrons. The maximum absolute atomic E-state index is 14.1. The van der Waals surface area contributed by atoms with Gasteiger partial charge in [0.05, 0.1) is 17.8 Å². The third-order valence-electron chi connectivity index (χ3n) is 2.92. The Morgan fingerprint density at radius 1 is 1.40 bits per heavy atom.